The number of benzene rings is 1. The van der Waals surface area contributed by atoms with Crippen LogP contribution < -0.4 is 0 Å². The fourth-order valence-electron chi connectivity index (χ4n) is 1.93. The molecule has 0 spiro atoms. The topological polar surface area (TPSA) is 63.7 Å². The third-order valence-corrected chi connectivity index (χ3v) is 4.23. The fourth-order valence-corrected chi connectivity index (χ4v) is 2.92. The average Bonchev–Trinajstić information content (AvgIpc) is 2.76. The van der Waals surface area contributed by atoms with Gasteiger partial charge in [0.05, 0.1) is 11.0 Å². The molecule has 0 aromatic heterocycles. The molecule has 1 aromatic rings. The Labute approximate surface area is 149 Å². The lowest BCUT2D eigenvalue weighted by molar-refractivity contribution is -0.149. The number of esters is 1. The van der Waals surface area contributed by atoms with Crippen LogP contribution in [-0.2, 0) is 14.3 Å². The molecule has 2 amide bonds. The van der Waals surface area contributed by atoms with Crippen molar-refractivity contribution in [3.05, 3.63) is 51.9 Å². The molecular formula is C17H16ClNO4S. The quantitative estimate of drug-likeness (QED) is 0.585. The van der Waals surface area contributed by atoms with Crippen LogP contribution in [0.2, 0.25) is 5.02 Å². The minimum atomic E-state index is -0.611. The Hall–Kier alpha value is -2.05. The van der Waals surface area contributed by atoms with Gasteiger partial charge < -0.3 is 4.74 Å². The predicted molar refractivity (Wildman–Crippen MR) is 94.5 cm³/mol. The van der Waals surface area contributed by atoms with E-state index < -0.39 is 17.1 Å². The molecule has 1 fully saturated rings. The number of carbonyl (C=O) groups is 3. The van der Waals surface area contributed by atoms with E-state index in [9.17, 15) is 14.4 Å². The van der Waals surface area contributed by atoms with E-state index in [-0.39, 0.29) is 17.6 Å². The minimum absolute atomic E-state index is 0.251. The lowest BCUT2D eigenvalue weighted by Crippen LogP contribution is -2.35. The van der Waals surface area contributed by atoms with Crippen LogP contribution >= 0.6 is 23.4 Å². The molecule has 126 valence electrons. The summed E-state index contributed by atoms with van der Waals surface area (Å²) in [7, 11) is 0. The SMILES string of the molecule is CC(C)OC(=O)CN1C(=O)S/C(=C\C=C\c2ccccc2Cl)C1=O. The van der Waals surface area contributed by atoms with E-state index in [1.165, 1.54) is 6.08 Å². The zero-order valence-electron chi connectivity index (χ0n) is 13.2. The van der Waals surface area contributed by atoms with Crippen molar-refractivity contribution in [3.8, 4) is 0 Å². The van der Waals surface area contributed by atoms with Crippen molar-refractivity contribution < 1.29 is 19.1 Å². The maximum absolute atomic E-state index is 12.2. The molecule has 24 heavy (non-hydrogen) atoms. The van der Waals surface area contributed by atoms with E-state index in [0.717, 1.165) is 22.2 Å². The van der Waals surface area contributed by atoms with Gasteiger partial charge in [0.1, 0.15) is 6.54 Å². The minimum Gasteiger partial charge on any atom is -0.462 e. The van der Waals surface area contributed by atoms with Gasteiger partial charge in [0, 0.05) is 5.02 Å². The van der Waals surface area contributed by atoms with E-state index in [1.54, 1.807) is 32.1 Å². The number of carbonyl (C=O) groups excluding carboxylic acids is 3. The summed E-state index contributed by atoms with van der Waals surface area (Å²) in [6, 6.07) is 7.26. The number of hydrogen-bond donors (Lipinski definition) is 0. The molecule has 1 aliphatic rings. The van der Waals surface area contributed by atoms with Crippen LogP contribution in [0.25, 0.3) is 6.08 Å². The van der Waals surface area contributed by atoms with Gasteiger partial charge in [-0.05, 0) is 43.3 Å². The standard InChI is InChI=1S/C17H16ClNO4S/c1-11(2)23-15(20)10-19-16(21)14(24-17(19)22)9-5-7-12-6-3-4-8-13(12)18/h3-9,11H,10H2,1-2H3/b7-5+,14-9-. The molecule has 1 aromatic carbocycles. The first-order chi connectivity index (χ1) is 11.4. The van der Waals surface area contributed by atoms with Gasteiger partial charge in [-0.3, -0.25) is 19.3 Å². The Morgan fingerprint density at radius 1 is 1.33 bits per heavy atom. The number of allylic oxidation sites excluding steroid dienone is 2. The highest BCUT2D eigenvalue weighted by Crippen LogP contribution is 2.30. The van der Waals surface area contributed by atoms with Gasteiger partial charge in [-0.25, -0.2) is 0 Å². The second-order valence-electron chi connectivity index (χ2n) is 5.21. The molecule has 0 radical (unpaired) electrons. The lowest BCUT2D eigenvalue weighted by Gasteiger charge is -2.13. The lowest BCUT2D eigenvalue weighted by atomic mass is 10.2. The van der Waals surface area contributed by atoms with Gasteiger partial charge in [-0.2, -0.15) is 0 Å². The Morgan fingerprint density at radius 3 is 2.71 bits per heavy atom. The molecule has 0 N–H and O–H groups in total. The van der Waals surface area contributed by atoms with Crippen LogP contribution in [0.15, 0.2) is 41.3 Å². The Kier molecular flexibility index (Phi) is 6.23. The van der Waals surface area contributed by atoms with E-state index >= 15 is 0 Å². The third-order valence-electron chi connectivity index (χ3n) is 2.96. The number of nitrogens with zero attached hydrogens (tertiary/aromatic N) is 1. The van der Waals surface area contributed by atoms with E-state index in [0.29, 0.717) is 5.02 Å². The predicted octanol–water partition coefficient (Wildman–Crippen LogP) is 3.88. The first kappa shape index (κ1) is 18.3. The molecule has 1 aliphatic heterocycles. The zero-order valence-corrected chi connectivity index (χ0v) is 14.8. The second kappa shape index (κ2) is 8.17. The van der Waals surface area contributed by atoms with Crippen molar-refractivity contribution >= 4 is 46.6 Å². The van der Waals surface area contributed by atoms with Gasteiger partial charge in [-0.15, -0.1) is 0 Å². The highest BCUT2D eigenvalue weighted by atomic mass is 35.5. The van der Waals surface area contributed by atoms with E-state index in [2.05, 4.69) is 0 Å². The summed E-state index contributed by atoms with van der Waals surface area (Å²) in [5, 5.41) is 0.102. The summed E-state index contributed by atoms with van der Waals surface area (Å²) < 4.78 is 4.95. The largest absolute Gasteiger partial charge is 0.462 e. The van der Waals surface area contributed by atoms with Crippen molar-refractivity contribution in [1.82, 2.24) is 4.90 Å². The zero-order chi connectivity index (χ0) is 17.7. The monoisotopic (exact) mass is 365 g/mol. The molecule has 5 nitrogen and oxygen atoms in total. The van der Waals surface area contributed by atoms with Crippen molar-refractivity contribution in [2.75, 3.05) is 6.54 Å². The molecule has 0 aliphatic carbocycles. The number of halogens is 1. The van der Waals surface area contributed by atoms with Crippen LogP contribution in [0.3, 0.4) is 0 Å². The number of imide groups is 1. The average molecular weight is 366 g/mol. The molecule has 0 unspecified atom stereocenters. The second-order valence-corrected chi connectivity index (χ2v) is 6.61. The first-order valence-corrected chi connectivity index (χ1v) is 8.44. The molecule has 0 saturated carbocycles. The van der Waals surface area contributed by atoms with Crippen molar-refractivity contribution in [2.24, 2.45) is 0 Å². The fraction of sp³-hybridized carbons (Fsp3) is 0.235. The van der Waals surface area contributed by atoms with Gasteiger partial charge in [0.25, 0.3) is 11.1 Å². The summed E-state index contributed by atoms with van der Waals surface area (Å²) in [6.07, 6.45) is 4.61. The van der Waals surface area contributed by atoms with Crippen LogP contribution in [0.5, 0.6) is 0 Å². The van der Waals surface area contributed by atoms with Crippen molar-refractivity contribution in [1.29, 1.82) is 0 Å². The van der Waals surface area contributed by atoms with Crippen LogP contribution in [0, 0.1) is 0 Å². The maximum Gasteiger partial charge on any atom is 0.326 e. The molecule has 7 heteroatoms. The van der Waals surface area contributed by atoms with Crippen LogP contribution in [0.4, 0.5) is 4.79 Å². The Morgan fingerprint density at radius 2 is 2.04 bits per heavy atom. The van der Waals surface area contributed by atoms with Gasteiger partial charge in [0.15, 0.2) is 0 Å². The Balaban J connectivity index is 2.05. The Bertz CT molecular complexity index is 727. The van der Waals surface area contributed by atoms with Crippen LogP contribution in [-0.4, -0.2) is 34.7 Å². The smallest absolute Gasteiger partial charge is 0.326 e. The van der Waals surface area contributed by atoms with Crippen molar-refractivity contribution in [3.63, 3.8) is 0 Å². The van der Waals surface area contributed by atoms with Gasteiger partial charge in [0.2, 0.25) is 0 Å². The molecule has 0 bridgehead atoms. The molecule has 2 rings (SSSR count). The first-order valence-electron chi connectivity index (χ1n) is 7.24. The molecule has 0 atom stereocenters. The van der Waals surface area contributed by atoms with Crippen molar-refractivity contribution in [2.45, 2.75) is 20.0 Å². The molecule has 1 saturated heterocycles. The molecule has 1 heterocycles. The number of amides is 2. The highest BCUT2D eigenvalue weighted by Gasteiger charge is 2.36. The third kappa shape index (κ3) is 4.72. The normalized spacial score (nSPS) is 16.7. The molecular weight excluding hydrogens is 350 g/mol. The highest BCUT2D eigenvalue weighted by molar-refractivity contribution is 8.18. The summed E-state index contributed by atoms with van der Waals surface area (Å²) >= 11 is 6.82. The number of rotatable bonds is 5. The summed E-state index contributed by atoms with van der Waals surface area (Å²) in [5.41, 5.74) is 0.801. The number of thioether (sulfide) groups is 1. The summed E-state index contributed by atoms with van der Waals surface area (Å²) in [5.74, 6) is -1.12. The summed E-state index contributed by atoms with van der Waals surface area (Å²) in [4.78, 5) is 36.8. The van der Waals surface area contributed by atoms with E-state index in [4.69, 9.17) is 16.3 Å². The summed E-state index contributed by atoms with van der Waals surface area (Å²) in [6.45, 7) is 3.02. The van der Waals surface area contributed by atoms with Gasteiger partial charge >= 0.3 is 5.97 Å². The number of hydrogen-bond acceptors (Lipinski definition) is 5. The number of ether oxygens (including phenoxy) is 1. The maximum atomic E-state index is 12.2. The van der Waals surface area contributed by atoms with Crippen LogP contribution in [0.1, 0.15) is 19.4 Å². The van der Waals surface area contributed by atoms with E-state index in [1.807, 2.05) is 18.2 Å². The van der Waals surface area contributed by atoms with Gasteiger partial charge in [-0.1, -0.05) is 42.0 Å².